The Bertz CT molecular complexity index is 667. The van der Waals surface area contributed by atoms with Crippen molar-refractivity contribution in [1.82, 2.24) is 19.8 Å². The third-order valence-corrected chi connectivity index (χ3v) is 5.43. The zero-order valence-electron chi connectivity index (χ0n) is 14.2. The van der Waals surface area contributed by atoms with Gasteiger partial charge in [0.05, 0.1) is 18.8 Å². The van der Waals surface area contributed by atoms with Gasteiger partial charge in [-0.15, -0.1) is 0 Å². The summed E-state index contributed by atoms with van der Waals surface area (Å²) in [7, 11) is 0. The smallest absolute Gasteiger partial charge is 0.407 e. The molecule has 1 aromatic rings. The van der Waals surface area contributed by atoms with Crippen LogP contribution in [0.25, 0.3) is 0 Å². The molecule has 1 aromatic heterocycles. The number of carboxylic acid groups (broad SMARTS) is 1. The number of nitrogens with zero attached hydrogens (tertiary/aromatic N) is 4. The van der Waals surface area contributed by atoms with Crippen molar-refractivity contribution in [3.8, 4) is 6.01 Å². The predicted molar refractivity (Wildman–Crippen MR) is 87.3 cm³/mol. The first kappa shape index (κ1) is 16.5. The maximum absolute atomic E-state index is 13.3. The van der Waals surface area contributed by atoms with Gasteiger partial charge in [0.25, 0.3) is 0 Å². The minimum absolute atomic E-state index is 0.0937. The summed E-state index contributed by atoms with van der Waals surface area (Å²) >= 11 is 0. The standard InChI is InChI=1S/C17H23FN4O3/c18-13-2-5-21(8-13)10-17(3-4-17)11-25-15-19-7-12-1-6-22(16(23)24)9-14(12)20-15/h7,13H,1-6,8-11H2,(H,23,24). The molecule has 1 saturated heterocycles. The molecule has 2 fully saturated rings. The van der Waals surface area contributed by atoms with Gasteiger partial charge < -0.3 is 14.7 Å². The number of hydrogen-bond acceptors (Lipinski definition) is 5. The van der Waals surface area contributed by atoms with Crippen LogP contribution in [0.4, 0.5) is 9.18 Å². The summed E-state index contributed by atoms with van der Waals surface area (Å²) in [6.45, 7) is 3.50. The summed E-state index contributed by atoms with van der Waals surface area (Å²) in [5.74, 6) is 0. The van der Waals surface area contributed by atoms with Crippen molar-refractivity contribution < 1.29 is 19.0 Å². The second-order valence-corrected chi connectivity index (χ2v) is 7.49. The number of alkyl halides is 1. The molecule has 8 heteroatoms. The van der Waals surface area contributed by atoms with E-state index in [-0.39, 0.29) is 12.0 Å². The van der Waals surface area contributed by atoms with Crippen molar-refractivity contribution in [3.05, 3.63) is 17.5 Å². The first-order valence-electron chi connectivity index (χ1n) is 8.85. The molecule has 136 valence electrons. The predicted octanol–water partition coefficient (Wildman–Crippen LogP) is 1.72. The maximum atomic E-state index is 13.3. The Morgan fingerprint density at radius 3 is 2.96 bits per heavy atom. The van der Waals surface area contributed by atoms with Crippen LogP contribution in [0.3, 0.4) is 0 Å². The van der Waals surface area contributed by atoms with Crippen molar-refractivity contribution in [2.24, 2.45) is 5.41 Å². The normalized spacial score (nSPS) is 24.8. The zero-order chi connectivity index (χ0) is 17.4. The lowest BCUT2D eigenvalue weighted by Gasteiger charge is -2.26. The molecule has 7 nitrogen and oxygen atoms in total. The molecule has 2 aliphatic heterocycles. The molecule has 1 amide bonds. The first-order valence-corrected chi connectivity index (χ1v) is 8.85. The molecule has 1 saturated carbocycles. The van der Waals surface area contributed by atoms with Gasteiger partial charge >= 0.3 is 12.1 Å². The highest BCUT2D eigenvalue weighted by molar-refractivity contribution is 5.65. The molecule has 0 aromatic carbocycles. The minimum Gasteiger partial charge on any atom is -0.465 e. The summed E-state index contributed by atoms with van der Waals surface area (Å²) in [6.07, 6.45) is 3.54. The van der Waals surface area contributed by atoms with Crippen LogP contribution in [0, 0.1) is 5.41 Å². The highest BCUT2D eigenvalue weighted by Crippen LogP contribution is 2.47. The molecule has 1 atom stereocenters. The lowest BCUT2D eigenvalue weighted by Crippen LogP contribution is -2.35. The summed E-state index contributed by atoms with van der Waals surface area (Å²) in [4.78, 5) is 23.3. The van der Waals surface area contributed by atoms with Crippen LogP contribution in [0.15, 0.2) is 6.20 Å². The van der Waals surface area contributed by atoms with Crippen LogP contribution in [-0.4, -0.2) is 69.9 Å². The van der Waals surface area contributed by atoms with Gasteiger partial charge in [-0.2, -0.15) is 4.98 Å². The van der Waals surface area contributed by atoms with E-state index in [1.54, 1.807) is 6.20 Å². The van der Waals surface area contributed by atoms with Crippen molar-refractivity contribution >= 4 is 6.09 Å². The Hall–Kier alpha value is -1.96. The van der Waals surface area contributed by atoms with Crippen LogP contribution in [0.2, 0.25) is 0 Å². The zero-order valence-corrected chi connectivity index (χ0v) is 14.2. The van der Waals surface area contributed by atoms with E-state index >= 15 is 0 Å². The summed E-state index contributed by atoms with van der Waals surface area (Å²) in [6, 6.07) is 0.307. The molecular formula is C17H23FN4O3. The van der Waals surface area contributed by atoms with Gasteiger partial charge in [0, 0.05) is 37.8 Å². The third-order valence-electron chi connectivity index (χ3n) is 5.43. The highest BCUT2D eigenvalue weighted by Gasteiger charge is 2.46. The van der Waals surface area contributed by atoms with Crippen molar-refractivity contribution in [3.63, 3.8) is 0 Å². The van der Waals surface area contributed by atoms with Crippen LogP contribution in [0.5, 0.6) is 6.01 Å². The molecule has 0 spiro atoms. The van der Waals surface area contributed by atoms with Crippen molar-refractivity contribution in [2.45, 2.75) is 38.4 Å². The van der Waals surface area contributed by atoms with Gasteiger partial charge in [0.2, 0.25) is 0 Å². The number of ether oxygens (including phenoxy) is 1. The second-order valence-electron chi connectivity index (χ2n) is 7.49. The Morgan fingerprint density at radius 2 is 2.28 bits per heavy atom. The Balaban J connectivity index is 1.35. The lowest BCUT2D eigenvalue weighted by atomic mass is 10.1. The number of carbonyl (C=O) groups is 1. The highest BCUT2D eigenvalue weighted by atomic mass is 19.1. The molecule has 1 unspecified atom stereocenters. The molecule has 1 aliphatic carbocycles. The molecule has 25 heavy (non-hydrogen) atoms. The van der Waals surface area contributed by atoms with E-state index in [2.05, 4.69) is 14.9 Å². The molecule has 4 rings (SSSR count). The number of rotatable bonds is 5. The minimum atomic E-state index is -0.930. The summed E-state index contributed by atoms with van der Waals surface area (Å²) in [5, 5.41) is 9.13. The first-order chi connectivity index (χ1) is 12.0. The average Bonchev–Trinajstić information content (AvgIpc) is 3.25. The fourth-order valence-electron chi connectivity index (χ4n) is 3.66. The molecule has 3 aliphatic rings. The molecule has 3 heterocycles. The molecule has 0 bridgehead atoms. The van der Waals surface area contributed by atoms with E-state index in [4.69, 9.17) is 9.84 Å². The van der Waals surface area contributed by atoms with E-state index in [9.17, 15) is 9.18 Å². The number of amides is 1. The SMILES string of the molecule is O=C(O)N1CCc2cnc(OCC3(CN4CCC(F)C4)CC3)nc2C1. The average molecular weight is 350 g/mol. The van der Waals surface area contributed by atoms with E-state index in [0.717, 1.165) is 37.2 Å². The maximum Gasteiger partial charge on any atom is 0.407 e. The Morgan fingerprint density at radius 1 is 1.44 bits per heavy atom. The number of hydrogen-bond donors (Lipinski definition) is 1. The number of aromatic nitrogens is 2. The monoisotopic (exact) mass is 350 g/mol. The summed E-state index contributed by atoms with van der Waals surface area (Å²) < 4.78 is 19.2. The van der Waals surface area contributed by atoms with E-state index in [1.807, 2.05) is 0 Å². The van der Waals surface area contributed by atoms with Crippen LogP contribution in [-0.2, 0) is 13.0 Å². The van der Waals surface area contributed by atoms with Gasteiger partial charge in [-0.3, -0.25) is 4.90 Å². The van der Waals surface area contributed by atoms with E-state index < -0.39 is 12.3 Å². The number of halogens is 1. The molecular weight excluding hydrogens is 327 g/mol. The fraction of sp³-hybridized carbons (Fsp3) is 0.706. The number of likely N-dealkylation sites (tertiary alicyclic amines) is 1. The van der Waals surface area contributed by atoms with Crippen LogP contribution < -0.4 is 4.74 Å². The lowest BCUT2D eigenvalue weighted by molar-refractivity contribution is 0.138. The van der Waals surface area contributed by atoms with Gasteiger partial charge in [0.15, 0.2) is 0 Å². The topological polar surface area (TPSA) is 78.8 Å². The fourth-order valence-corrected chi connectivity index (χ4v) is 3.66. The number of fused-ring (bicyclic) bond motifs is 1. The van der Waals surface area contributed by atoms with Gasteiger partial charge in [0.1, 0.15) is 6.17 Å². The molecule has 1 N–H and O–H groups in total. The van der Waals surface area contributed by atoms with E-state index in [0.29, 0.717) is 38.5 Å². The largest absolute Gasteiger partial charge is 0.465 e. The van der Waals surface area contributed by atoms with Gasteiger partial charge in [-0.1, -0.05) is 0 Å². The second kappa shape index (κ2) is 6.40. The Labute approximate surface area is 145 Å². The van der Waals surface area contributed by atoms with Gasteiger partial charge in [-0.05, 0) is 31.2 Å². The van der Waals surface area contributed by atoms with Gasteiger partial charge in [-0.25, -0.2) is 14.2 Å². The van der Waals surface area contributed by atoms with Crippen LogP contribution in [0.1, 0.15) is 30.5 Å². The molecule has 0 radical (unpaired) electrons. The third kappa shape index (κ3) is 3.68. The van der Waals surface area contributed by atoms with Crippen LogP contribution >= 0.6 is 0 Å². The summed E-state index contributed by atoms with van der Waals surface area (Å²) in [5.41, 5.74) is 1.80. The van der Waals surface area contributed by atoms with Crippen molar-refractivity contribution in [1.29, 1.82) is 0 Å². The van der Waals surface area contributed by atoms with E-state index in [1.165, 1.54) is 4.90 Å². The quantitative estimate of drug-likeness (QED) is 0.871. The van der Waals surface area contributed by atoms with Crippen molar-refractivity contribution in [2.75, 3.05) is 32.8 Å². The Kier molecular flexibility index (Phi) is 4.23.